The summed E-state index contributed by atoms with van der Waals surface area (Å²) in [6, 6.07) is 15.0. The van der Waals surface area contributed by atoms with Crippen LogP contribution in [0.1, 0.15) is 37.9 Å². The highest BCUT2D eigenvalue weighted by Gasteiger charge is 2.12. The topological polar surface area (TPSA) is 40.5 Å². The molecule has 19 heavy (non-hydrogen) atoms. The number of hydrogen-bond donors (Lipinski definition) is 2. The summed E-state index contributed by atoms with van der Waals surface area (Å²) in [7, 11) is 0. The summed E-state index contributed by atoms with van der Waals surface area (Å²) < 4.78 is 0. The summed E-state index contributed by atoms with van der Waals surface area (Å²) in [5.74, 6) is 0.257. The van der Waals surface area contributed by atoms with Crippen molar-refractivity contribution in [2.75, 3.05) is 0 Å². The molecule has 0 aromatic heterocycles. The molecule has 2 rings (SSSR count). The van der Waals surface area contributed by atoms with Crippen LogP contribution in [-0.2, 0) is 0 Å². The average molecular weight is 256 g/mol. The molecule has 2 aromatic rings. The van der Waals surface area contributed by atoms with Gasteiger partial charge in [-0.1, -0.05) is 56.2 Å². The third-order valence-corrected chi connectivity index (χ3v) is 3.33. The maximum Gasteiger partial charge on any atom is 0.115 e. The van der Waals surface area contributed by atoms with Crippen LogP contribution in [0.25, 0.3) is 11.1 Å². The van der Waals surface area contributed by atoms with Gasteiger partial charge in [-0.2, -0.15) is 0 Å². The zero-order valence-corrected chi connectivity index (χ0v) is 11.2. The number of aliphatic hydroxyl groups excluding tert-OH is 1. The highest BCUT2D eigenvalue weighted by molar-refractivity contribution is 5.68. The van der Waals surface area contributed by atoms with E-state index < -0.39 is 6.10 Å². The van der Waals surface area contributed by atoms with Crippen LogP contribution in [0.2, 0.25) is 0 Å². The van der Waals surface area contributed by atoms with Crippen LogP contribution in [0.15, 0.2) is 48.5 Å². The van der Waals surface area contributed by atoms with Gasteiger partial charge in [0, 0.05) is 0 Å². The first-order valence-corrected chi connectivity index (χ1v) is 6.78. The summed E-state index contributed by atoms with van der Waals surface area (Å²) in [5.41, 5.74) is 3.01. The van der Waals surface area contributed by atoms with E-state index in [-0.39, 0.29) is 5.75 Å². The lowest BCUT2D eigenvalue weighted by molar-refractivity contribution is 0.165. The van der Waals surface area contributed by atoms with Gasteiger partial charge in [-0.25, -0.2) is 0 Å². The van der Waals surface area contributed by atoms with Crippen molar-refractivity contribution in [3.63, 3.8) is 0 Å². The third-order valence-electron chi connectivity index (χ3n) is 3.33. The summed E-state index contributed by atoms with van der Waals surface area (Å²) in [4.78, 5) is 0. The van der Waals surface area contributed by atoms with E-state index in [4.69, 9.17) is 0 Å². The van der Waals surface area contributed by atoms with E-state index in [1.807, 2.05) is 36.4 Å². The van der Waals surface area contributed by atoms with Gasteiger partial charge < -0.3 is 10.2 Å². The van der Waals surface area contributed by atoms with Crippen molar-refractivity contribution in [1.29, 1.82) is 0 Å². The van der Waals surface area contributed by atoms with E-state index in [0.717, 1.165) is 36.0 Å². The van der Waals surface area contributed by atoms with Gasteiger partial charge in [-0.05, 0) is 35.2 Å². The number of aliphatic hydroxyl groups is 1. The lowest BCUT2D eigenvalue weighted by Crippen LogP contribution is -1.99. The van der Waals surface area contributed by atoms with Gasteiger partial charge in [0.25, 0.3) is 0 Å². The van der Waals surface area contributed by atoms with E-state index in [1.54, 1.807) is 12.1 Å². The molecule has 0 radical (unpaired) electrons. The Bertz CT molecular complexity index is 517. The summed E-state index contributed by atoms with van der Waals surface area (Å²) >= 11 is 0. The van der Waals surface area contributed by atoms with Crippen molar-refractivity contribution >= 4 is 0 Å². The third kappa shape index (κ3) is 3.36. The molecule has 2 nitrogen and oxygen atoms in total. The highest BCUT2D eigenvalue weighted by Crippen LogP contribution is 2.31. The van der Waals surface area contributed by atoms with Crippen LogP contribution >= 0.6 is 0 Å². The minimum absolute atomic E-state index is 0.257. The number of phenolic OH excluding ortho intramolecular Hbond substituents is 1. The fourth-order valence-electron chi connectivity index (χ4n) is 2.24. The Labute approximate surface area is 114 Å². The van der Waals surface area contributed by atoms with E-state index in [0.29, 0.717) is 0 Å². The summed E-state index contributed by atoms with van der Waals surface area (Å²) in [5, 5.41) is 19.6. The maximum atomic E-state index is 10.3. The summed E-state index contributed by atoms with van der Waals surface area (Å²) in [6.45, 7) is 2.12. The van der Waals surface area contributed by atoms with Gasteiger partial charge in [0.15, 0.2) is 0 Å². The molecule has 0 bridgehead atoms. The molecule has 2 aromatic carbocycles. The monoisotopic (exact) mass is 256 g/mol. The van der Waals surface area contributed by atoms with Gasteiger partial charge >= 0.3 is 0 Å². The molecule has 0 spiro atoms. The zero-order chi connectivity index (χ0) is 13.7. The van der Waals surface area contributed by atoms with E-state index >= 15 is 0 Å². The van der Waals surface area contributed by atoms with Crippen LogP contribution < -0.4 is 0 Å². The Hall–Kier alpha value is -1.80. The molecule has 0 aliphatic rings. The molecule has 0 amide bonds. The molecule has 2 N–H and O–H groups in total. The second kappa shape index (κ2) is 6.39. The molecular weight excluding hydrogens is 236 g/mol. The molecule has 1 atom stereocenters. The van der Waals surface area contributed by atoms with Crippen molar-refractivity contribution in [3.8, 4) is 16.9 Å². The molecule has 2 heteroatoms. The van der Waals surface area contributed by atoms with E-state index in [9.17, 15) is 10.2 Å². The van der Waals surface area contributed by atoms with Crippen LogP contribution in [0.5, 0.6) is 5.75 Å². The van der Waals surface area contributed by atoms with Gasteiger partial charge in [0.1, 0.15) is 5.75 Å². The Morgan fingerprint density at radius 1 is 1.00 bits per heavy atom. The van der Waals surface area contributed by atoms with Crippen LogP contribution in [0, 0.1) is 0 Å². The van der Waals surface area contributed by atoms with Crippen LogP contribution in [0.4, 0.5) is 0 Å². The SMILES string of the molecule is CCCCC(O)c1ccccc1-c1ccc(O)cc1. The predicted octanol–water partition coefficient (Wildman–Crippen LogP) is 4.28. The van der Waals surface area contributed by atoms with Gasteiger partial charge in [0.05, 0.1) is 6.10 Å². The number of aromatic hydroxyl groups is 1. The molecule has 0 heterocycles. The lowest BCUT2D eigenvalue weighted by atomic mass is 9.94. The minimum atomic E-state index is -0.426. The van der Waals surface area contributed by atoms with E-state index in [2.05, 4.69) is 6.92 Å². The number of unbranched alkanes of at least 4 members (excludes halogenated alkanes) is 1. The van der Waals surface area contributed by atoms with Crippen molar-refractivity contribution < 1.29 is 10.2 Å². The van der Waals surface area contributed by atoms with Crippen LogP contribution in [0.3, 0.4) is 0 Å². The van der Waals surface area contributed by atoms with Crippen molar-refractivity contribution in [2.24, 2.45) is 0 Å². The number of hydrogen-bond acceptors (Lipinski definition) is 2. The molecule has 0 saturated carbocycles. The fourth-order valence-corrected chi connectivity index (χ4v) is 2.24. The Balaban J connectivity index is 2.32. The number of phenols is 1. The normalized spacial score (nSPS) is 12.3. The minimum Gasteiger partial charge on any atom is -0.508 e. The van der Waals surface area contributed by atoms with Crippen molar-refractivity contribution in [3.05, 3.63) is 54.1 Å². The van der Waals surface area contributed by atoms with Gasteiger partial charge in [0.2, 0.25) is 0 Å². The largest absolute Gasteiger partial charge is 0.508 e. The smallest absolute Gasteiger partial charge is 0.115 e. The molecule has 0 aliphatic carbocycles. The first-order valence-electron chi connectivity index (χ1n) is 6.78. The van der Waals surface area contributed by atoms with E-state index in [1.165, 1.54) is 0 Å². The zero-order valence-electron chi connectivity index (χ0n) is 11.2. The molecule has 100 valence electrons. The summed E-state index contributed by atoms with van der Waals surface area (Å²) in [6.07, 6.45) is 2.46. The fraction of sp³-hybridized carbons (Fsp3) is 0.294. The molecule has 0 fully saturated rings. The first-order chi connectivity index (χ1) is 9.22. The Kier molecular flexibility index (Phi) is 4.58. The van der Waals surface area contributed by atoms with Crippen molar-refractivity contribution in [2.45, 2.75) is 32.3 Å². The Morgan fingerprint density at radius 3 is 2.37 bits per heavy atom. The van der Waals surface area contributed by atoms with Crippen molar-refractivity contribution in [1.82, 2.24) is 0 Å². The van der Waals surface area contributed by atoms with Gasteiger partial charge in [-0.3, -0.25) is 0 Å². The first kappa shape index (κ1) is 13.6. The maximum absolute atomic E-state index is 10.3. The second-order valence-electron chi connectivity index (χ2n) is 4.79. The second-order valence-corrected chi connectivity index (χ2v) is 4.79. The van der Waals surface area contributed by atoms with Crippen LogP contribution in [-0.4, -0.2) is 10.2 Å². The molecule has 1 unspecified atom stereocenters. The quantitative estimate of drug-likeness (QED) is 0.838. The lowest BCUT2D eigenvalue weighted by Gasteiger charge is -2.15. The Morgan fingerprint density at radius 2 is 1.68 bits per heavy atom. The molecule has 0 aliphatic heterocycles. The van der Waals surface area contributed by atoms with Gasteiger partial charge in [-0.15, -0.1) is 0 Å². The molecular formula is C17H20O2. The predicted molar refractivity (Wildman–Crippen MR) is 78.0 cm³/mol. The highest BCUT2D eigenvalue weighted by atomic mass is 16.3. The standard InChI is InChI=1S/C17H20O2/c1-2-3-8-17(19)16-7-5-4-6-15(16)13-9-11-14(18)12-10-13/h4-7,9-12,17-19H,2-3,8H2,1H3. The average Bonchev–Trinajstić information content (AvgIpc) is 2.45. The number of benzene rings is 2. The molecule has 0 saturated heterocycles. The number of rotatable bonds is 5.